The molecule has 1 N–H and O–H groups in total. The van der Waals surface area contributed by atoms with Crippen LogP contribution in [0.25, 0.3) is 0 Å². The molecule has 6 nitrogen and oxygen atoms in total. The van der Waals surface area contributed by atoms with Gasteiger partial charge in [0.05, 0.1) is 12.2 Å². The van der Waals surface area contributed by atoms with Crippen molar-refractivity contribution >= 4 is 29.1 Å². The Bertz CT molecular complexity index is 872. The number of anilines is 1. The maximum Gasteiger partial charge on any atom is 0.260 e. The number of ether oxygens (including phenoxy) is 1. The molecule has 2 aromatic rings. The Labute approximate surface area is 172 Å². The molecule has 1 fully saturated rings. The van der Waals surface area contributed by atoms with Crippen molar-refractivity contribution in [3.8, 4) is 5.75 Å². The summed E-state index contributed by atoms with van der Waals surface area (Å²) in [5.41, 5.74) is 0.0363. The first-order valence-electron chi connectivity index (χ1n) is 9.04. The monoisotopic (exact) mass is 423 g/mol. The molecule has 154 valence electrons. The second kappa shape index (κ2) is 9.67. The zero-order valence-electron chi connectivity index (χ0n) is 15.5. The number of piperazine rings is 1. The first-order chi connectivity index (χ1) is 13.9. The van der Waals surface area contributed by atoms with E-state index in [0.29, 0.717) is 37.0 Å². The molecule has 9 heteroatoms. The fourth-order valence-electron chi connectivity index (χ4n) is 2.91. The molecule has 29 heavy (non-hydrogen) atoms. The Balaban J connectivity index is 1.41. The first kappa shape index (κ1) is 21.0. The lowest BCUT2D eigenvalue weighted by atomic mass is 10.3. The molecule has 3 rings (SSSR count). The van der Waals surface area contributed by atoms with Gasteiger partial charge in [-0.2, -0.15) is 0 Å². The van der Waals surface area contributed by atoms with Gasteiger partial charge in [-0.05, 0) is 42.5 Å². The number of nitrogens with one attached hydrogen (secondary N) is 1. The van der Waals surface area contributed by atoms with E-state index in [2.05, 4.69) is 5.32 Å². The van der Waals surface area contributed by atoms with Crippen molar-refractivity contribution in [1.82, 2.24) is 9.80 Å². The van der Waals surface area contributed by atoms with Gasteiger partial charge in [-0.1, -0.05) is 11.6 Å². The zero-order valence-corrected chi connectivity index (χ0v) is 16.3. The highest BCUT2D eigenvalue weighted by atomic mass is 35.5. The third-order valence-corrected chi connectivity index (χ3v) is 4.71. The highest BCUT2D eigenvalue weighted by molar-refractivity contribution is 6.30. The smallest absolute Gasteiger partial charge is 0.260 e. The van der Waals surface area contributed by atoms with Crippen LogP contribution in [0.1, 0.15) is 0 Å². The van der Waals surface area contributed by atoms with Crippen LogP contribution in [-0.2, 0) is 9.59 Å². The summed E-state index contributed by atoms with van der Waals surface area (Å²) in [6.45, 7) is 1.86. The lowest BCUT2D eigenvalue weighted by Gasteiger charge is -2.34. The Morgan fingerprint density at radius 2 is 1.72 bits per heavy atom. The van der Waals surface area contributed by atoms with Crippen LogP contribution in [0.3, 0.4) is 0 Å². The quantitative estimate of drug-likeness (QED) is 0.776. The zero-order chi connectivity index (χ0) is 20.8. The van der Waals surface area contributed by atoms with Crippen LogP contribution in [-0.4, -0.2) is 60.9 Å². The molecule has 1 saturated heterocycles. The van der Waals surface area contributed by atoms with Gasteiger partial charge < -0.3 is 15.0 Å². The van der Waals surface area contributed by atoms with Crippen molar-refractivity contribution in [2.45, 2.75) is 0 Å². The van der Waals surface area contributed by atoms with E-state index in [4.69, 9.17) is 16.3 Å². The van der Waals surface area contributed by atoms with Crippen LogP contribution in [0.4, 0.5) is 14.5 Å². The molecule has 0 spiro atoms. The van der Waals surface area contributed by atoms with E-state index in [1.165, 1.54) is 42.5 Å². The lowest BCUT2D eigenvalue weighted by molar-refractivity contribution is -0.135. The third-order valence-electron chi connectivity index (χ3n) is 4.47. The van der Waals surface area contributed by atoms with Gasteiger partial charge in [0.25, 0.3) is 5.91 Å². The van der Waals surface area contributed by atoms with E-state index in [9.17, 15) is 18.4 Å². The van der Waals surface area contributed by atoms with Gasteiger partial charge in [-0.15, -0.1) is 0 Å². The number of hydrogen-bond donors (Lipinski definition) is 1. The molecule has 1 heterocycles. The maximum absolute atomic E-state index is 13.7. The number of amides is 2. The van der Waals surface area contributed by atoms with E-state index in [1.54, 1.807) is 4.90 Å². The van der Waals surface area contributed by atoms with Crippen molar-refractivity contribution in [3.63, 3.8) is 0 Å². The van der Waals surface area contributed by atoms with Gasteiger partial charge in [0.2, 0.25) is 5.91 Å². The summed E-state index contributed by atoms with van der Waals surface area (Å²) in [7, 11) is 0. The van der Waals surface area contributed by atoms with E-state index < -0.39 is 5.82 Å². The summed E-state index contributed by atoms with van der Waals surface area (Å²) in [5, 5.41) is 2.84. The predicted molar refractivity (Wildman–Crippen MR) is 105 cm³/mol. The minimum atomic E-state index is -0.556. The van der Waals surface area contributed by atoms with Crippen molar-refractivity contribution in [2.24, 2.45) is 0 Å². The molecule has 0 aromatic heterocycles. The van der Waals surface area contributed by atoms with Crippen molar-refractivity contribution in [3.05, 3.63) is 59.1 Å². The van der Waals surface area contributed by atoms with E-state index in [-0.39, 0.29) is 36.5 Å². The molecule has 1 aliphatic rings. The minimum absolute atomic E-state index is 0.0363. The van der Waals surface area contributed by atoms with Crippen LogP contribution < -0.4 is 10.1 Å². The normalized spacial score (nSPS) is 14.5. The molecule has 0 bridgehead atoms. The summed E-state index contributed by atoms with van der Waals surface area (Å²) in [6.07, 6.45) is 0. The van der Waals surface area contributed by atoms with Crippen LogP contribution in [0.2, 0.25) is 5.02 Å². The maximum atomic E-state index is 13.7. The topological polar surface area (TPSA) is 61.9 Å². The standard InChI is InChI=1S/C20H20ClF2N3O3/c21-14-1-6-17(23)18(11-14)24-19(27)12-25-7-9-26(10-8-25)20(28)13-29-16-4-2-15(22)3-5-16/h1-6,11H,7-10,12-13H2,(H,24,27). The summed E-state index contributed by atoms with van der Waals surface area (Å²) < 4.78 is 31.9. The Hall–Kier alpha value is -2.71. The van der Waals surface area contributed by atoms with Gasteiger partial charge in [0.1, 0.15) is 17.4 Å². The van der Waals surface area contributed by atoms with Gasteiger partial charge in [-0.25, -0.2) is 8.78 Å². The average Bonchev–Trinajstić information content (AvgIpc) is 2.70. The number of hydrogen-bond acceptors (Lipinski definition) is 4. The molecular formula is C20H20ClF2N3O3. The fraction of sp³-hybridized carbons (Fsp3) is 0.300. The second-order valence-electron chi connectivity index (χ2n) is 6.57. The van der Waals surface area contributed by atoms with Gasteiger partial charge in [-0.3, -0.25) is 14.5 Å². The van der Waals surface area contributed by atoms with Gasteiger partial charge in [0.15, 0.2) is 6.61 Å². The molecule has 1 aliphatic heterocycles. The molecule has 0 unspecified atom stereocenters. The Morgan fingerprint density at radius 3 is 2.41 bits per heavy atom. The van der Waals surface area contributed by atoms with Crippen LogP contribution in [0.15, 0.2) is 42.5 Å². The lowest BCUT2D eigenvalue weighted by Crippen LogP contribution is -2.51. The molecule has 2 amide bonds. The molecule has 0 atom stereocenters. The van der Waals surface area contributed by atoms with E-state index in [1.807, 2.05) is 4.90 Å². The molecular weight excluding hydrogens is 404 g/mol. The number of carbonyl (C=O) groups excluding carboxylic acids is 2. The summed E-state index contributed by atoms with van der Waals surface area (Å²) in [4.78, 5) is 27.9. The van der Waals surface area contributed by atoms with Crippen molar-refractivity contribution in [1.29, 1.82) is 0 Å². The van der Waals surface area contributed by atoms with Crippen LogP contribution in [0, 0.1) is 11.6 Å². The molecule has 0 aliphatic carbocycles. The van der Waals surface area contributed by atoms with Crippen molar-refractivity contribution < 1.29 is 23.1 Å². The molecule has 0 saturated carbocycles. The predicted octanol–water partition coefficient (Wildman–Crippen LogP) is 2.78. The average molecular weight is 424 g/mol. The first-order valence-corrected chi connectivity index (χ1v) is 9.42. The number of benzene rings is 2. The number of rotatable bonds is 6. The van der Waals surface area contributed by atoms with Crippen molar-refractivity contribution in [2.75, 3.05) is 44.6 Å². The summed E-state index contributed by atoms with van der Waals surface area (Å²) in [6, 6.07) is 9.40. The third kappa shape index (κ3) is 6.13. The van der Waals surface area contributed by atoms with Crippen LogP contribution >= 0.6 is 11.6 Å². The fourth-order valence-corrected chi connectivity index (χ4v) is 3.08. The highest BCUT2D eigenvalue weighted by Gasteiger charge is 2.23. The Morgan fingerprint density at radius 1 is 1.03 bits per heavy atom. The van der Waals surface area contributed by atoms with Gasteiger partial charge >= 0.3 is 0 Å². The van der Waals surface area contributed by atoms with E-state index >= 15 is 0 Å². The Kier molecular flexibility index (Phi) is 7.00. The molecule has 2 aromatic carbocycles. The SMILES string of the molecule is O=C(CN1CCN(C(=O)COc2ccc(F)cc2)CC1)Nc1cc(Cl)ccc1F. The minimum Gasteiger partial charge on any atom is -0.484 e. The van der Waals surface area contributed by atoms with E-state index in [0.717, 1.165) is 0 Å². The number of halogens is 3. The highest BCUT2D eigenvalue weighted by Crippen LogP contribution is 2.19. The molecule has 0 radical (unpaired) electrons. The second-order valence-corrected chi connectivity index (χ2v) is 7.01. The van der Waals surface area contributed by atoms with Gasteiger partial charge in [0, 0.05) is 31.2 Å². The largest absolute Gasteiger partial charge is 0.484 e. The summed E-state index contributed by atoms with van der Waals surface area (Å²) in [5.74, 6) is -1.05. The summed E-state index contributed by atoms with van der Waals surface area (Å²) >= 11 is 5.82. The van der Waals surface area contributed by atoms with Crippen LogP contribution in [0.5, 0.6) is 5.75 Å². The number of carbonyl (C=O) groups is 2. The number of nitrogens with zero attached hydrogens (tertiary/aromatic N) is 2.